The number of piperazine rings is 1. The van der Waals surface area contributed by atoms with Gasteiger partial charge in [-0.2, -0.15) is 4.98 Å². The lowest BCUT2D eigenvalue weighted by molar-refractivity contribution is -0.137. The lowest BCUT2D eigenvalue weighted by Crippen LogP contribution is -2.51. The van der Waals surface area contributed by atoms with Crippen LogP contribution in [0.3, 0.4) is 0 Å². The van der Waals surface area contributed by atoms with Crippen LogP contribution in [0.2, 0.25) is 0 Å². The van der Waals surface area contributed by atoms with Crippen molar-refractivity contribution in [2.24, 2.45) is 5.92 Å². The minimum Gasteiger partial charge on any atom is -0.378 e. The molecular weight excluding hydrogens is 358 g/mol. The van der Waals surface area contributed by atoms with E-state index in [0.717, 1.165) is 43.6 Å². The van der Waals surface area contributed by atoms with Gasteiger partial charge in [-0.3, -0.25) is 9.59 Å². The molecule has 1 aliphatic carbocycles. The number of morpholine rings is 1. The van der Waals surface area contributed by atoms with Crippen molar-refractivity contribution in [2.75, 3.05) is 62.3 Å². The topological polar surface area (TPSA) is 78.9 Å². The van der Waals surface area contributed by atoms with Gasteiger partial charge in [0.05, 0.1) is 13.2 Å². The molecule has 3 fully saturated rings. The number of carbonyl (C=O) groups is 2. The van der Waals surface area contributed by atoms with Crippen molar-refractivity contribution in [1.29, 1.82) is 0 Å². The molecule has 8 nitrogen and oxygen atoms in total. The zero-order valence-electron chi connectivity index (χ0n) is 16.6. The minimum atomic E-state index is 0.0264. The second kappa shape index (κ2) is 8.43. The molecule has 4 rings (SSSR count). The van der Waals surface area contributed by atoms with E-state index in [2.05, 4.69) is 14.8 Å². The Morgan fingerprint density at radius 1 is 1.00 bits per heavy atom. The van der Waals surface area contributed by atoms with Crippen molar-refractivity contribution in [1.82, 2.24) is 14.9 Å². The number of hydrogen-bond donors (Lipinski definition) is 0. The van der Waals surface area contributed by atoms with Gasteiger partial charge in [0.1, 0.15) is 11.6 Å². The summed E-state index contributed by atoms with van der Waals surface area (Å²) in [6, 6.07) is 2.02. The highest BCUT2D eigenvalue weighted by Gasteiger charge is 2.30. The maximum atomic E-state index is 12.8. The molecule has 28 heavy (non-hydrogen) atoms. The first-order chi connectivity index (χ1) is 13.6. The standard InChI is InChI=1S/C20H29N5O3/c1-15-14-18(22-20(21-15)25-10-12-28-13-11-25)23-6-8-24(9-7-23)19(27)16-2-4-17(26)5-3-16/h14,16H,2-13H2,1H3. The number of rotatable bonds is 3. The molecule has 2 aliphatic heterocycles. The van der Waals surface area contributed by atoms with Crippen LogP contribution >= 0.6 is 0 Å². The highest BCUT2D eigenvalue weighted by Crippen LogP contribution is 2.25. The Balaban J connectivity index is 1.37. The van der Waals surface area contributed by atoms with E-state index in [1.54, 1.807) is 0 Å². The molecule has 0 aromatic carbocycles. The molecule has 3 aliphatic rings. The first kappa shape index (κ1) is 19.1. The number of Topliss-reactive ketones (excluding diaryl/α,β-unsaturated/α-hetero) is 1. The van der Waals surface area contributed by atoms with Gasteiger partial charge in [0.2, 0.25) is 11.9 Å². The third-order valence-electron chi connectivity index (χ3n) is 5.93. The Bertz CT molecular complexity index is 717. The molecule has 0 atom stereocenters. The van der Waals surface area contributed by atoms with Crippen LogP contribution in [0, 0.1) is 12.8 Å². The average molecular weight is 387 g/mol. The molecule has 1 aromatic rings. The summed E-state index contributed by atoms with van der Waals surface area (Å²) in [7, 11) is 0. The van der Waals surface area contributed by atoms with Gasteiger partial charge in [-0.25, -0.2) is 4.98 Å². The summed E-state index contributed by atoms with van der Waals surface area (Å²) < 4.78 is 5.42. The quantitative estimate of drug-likeness (QED) is 0.766. The third-order valence-corrected chi connectivity index (χ3v) is 5.93. The van der Waals surface area contributed by atoms with Gasteiger partial charge in [-0.05, 0) is 19.8 Å². The summed E-state index contributed by atoms with van der Waals surface area (Å²) in [6.07, 6.45) is 2.54. The van der Waals surface area contributed by atoms with Crippen LogP contribution in [0.1, 0.15) is 31.4 Å². The molecule has 1 saturated carbocycles. The Hall–Kier alpha value is -2.22. The Kier molecular flexibility index (Phi) is 5.75. The van der Waals surface area contributed by atoms with Gasteiger partial charge in [-0.15, -0.1) is 0 Å². The predicted molar refractivity (Wildman–Crippen MR) is 106 cm³/mol. The number of nitrogens with zero attached hydrogens (tertiary/aromatic N) is 5. The summed E-state index contributed by atoms with van der Waals surface area (Å²) in [4.78, 5) is 40.0. The molecule has 3 heterocycles. The van der Waals surface area contributed by atoms with Crippen molar-refractivity contribution in [3.8, 4) is 0 Å². The van der Waals surface area contributed by atoms with Crippen LogP contribution < -0.4 is 9.80 Å². The van der Waals surface area contributed by atoms with Gasteiger partial charge in [0.25, 0.3) is 0 Å². The molecular formula is C20H29N5O3. The molecule has 0 radical (unpaired) electrons. The van der Waals surface area contributed by atoms with Crippen LogP contribution in [0.5, 0.6) is 0 Å². The Labute approximate surface area is 165 Å². The second-order valence-electron chi connectivity index (χ2n) is 7.89. The van der Waals surface area contributed by atoms with Crippen LogP contribution in [-0.2, 0) is 14.3 Å². The maximum absolute atomic E-state index is 12.8. The summed E-state index contributed by atoms with van der Waals surface area (Å²) in [5.41, 5.74) is 0.955. The van der Waals surface area contributed by atoms with Gasteiger partial charge >= 0.3 is 0 Å². The lowest BCUT2D eigenvalue weighted by Gasteiger charge is -2.38. The average Bonchev–Trinajstić information content (AvgIpc) is 2.74. The highest BCUT2D eigenvalue weighted by atomic mass is 16.5. The second-order valence-corrected chi connectivity index (χ2v) is 7.89. The molecule has 0 N–H and O–H groups in total. The lowest BCUT2D eigenvalue weighted by atomic mass is 9.87. The summed E-state index contributed by atoms with van der Waals surface area (Å²) in [5.74, 6) is 2.25. The molecule has 8 heteroatoms. The van der Waals surface area contributed by atoms with Crippen LogP contribution in [-0.4, -0.2) is 79.0 Å². The largest absolute Gasteiger partial charge is 0.378 e. The molecule has 1 amide bonds. The van der Waals surface area contributed by atoms with E-state index in [-0.39, 0.29) is 11.8 Å². The predicted octanol–water partition coefficient (Wildman–Crippen LogP) is 1.03. The van der Waals surface area contributed by atoms with Crippen molar-refractivity contribution in [3.63, 3.8) is 0 Å². The molecule has 0 bridgehead atoms. The fourth-order valence-electron chi connectivity index (χ4n) is 4.20. The highest BCUT2D eigenvalue weighted by molar-refractivity contribution is 5.84. The van der Waals surface area contributed by atoms with E-state index in [1.165, 1.54) is 0 Å². The number of carbonyl (C=O) groups excluding carboxylic acids is 2. The first-order valence-electron chi connectivity index (χ1n) is 10.3. The molecule has 0 unspecified atom stereocenters. The third kappa shape index (κ3) is 4.27. The summed E-state index contributed by atoms with van der Waals surface area (Å²) >= 11 is 0. The van der Waals surface area contributed by atoms with Crippen molar-refractivity contribution in [2.45, 2.75) is 32.6 Å². The first-order valence-corrected chi connectivity index (χ1v) is 10.3. The van der Waals surface area contributed by atoms with E-state index in [0.29, 0.717) is 57.8 Å². The fourth-order valence-corrected chi connectivity index (χ4v) is 4.20. The SMILES string of the molecule is Cc1cc(N2CCN(C(=O)C3CCC(=O)CC3)CC2)nc(N2CCOCC2)n1. The number of anilines is 2. The van der Waals surface area contributed by atoms with Crippen molar-refractivity contribution >= 4 is 23.5 Å². The number of hydrogen-bond acceptors (Lipinski definition) is 7. The minimum absolute atomic E-state index is 0.0264. The van der Waals surface area contributed by atoms with E-state index >= 15 is 0 Å². The van der Waals surface area contributed by atoms with E-state index < -0.39 is 0 Å². The Morgan fingerprint density at radius 3 is 2.36 bits per heavy atom. The van der Waals surface area contributed by atoms with E-state index in [9.17, 15) is 9.59 Å². The number of ketones is 1. The molecule has 1 aromatic heterocycles. The number of ether oxygens (including phenoxy) is 1. The smallest absolute Gasteiger partial charge is 0.227 e. The zero-order valence-corrected chi connectivity index (χ0v) is 16.6. The normalized spacial score (nSPS) is 21.9. The van der Waals surface area contributed by atoms with Gasteiger partial charge in [0, 0.05) is 69.8 Å². The van der Waals surface area contributed by atoms with Crippen LogP contribution in [0.25, 0.3) is 0 Å². The molecule has 152 valence electrons. The fraction of sp³-hybridized carbons (Fsp3) is 0.700. The molecule has 2 saturated heterocycles. The van der Waals surface area contributed by atoms with E-state index in [1.807, 2.05) is 17.9 Å². The van der Waals surface area contributed by atoms with Gasteiger partial charge < -0.3 is 19.4 Å². The monoisotopic (exact) mass is 387 g/mol. The maximum Gasteiger partial charge on any atom is 0.227 e. The summed E-state index contributed by atoms with van der Waals surface area (Å²) in [5, 5.41) is 0. The van der Waals surface area contributed by atoms with Gasteiger partial charge in [0.15, 0.2) is 0 Å². The van der Waals surface area contributed by atoms with Crippen molar-refractivity contribution < 1.29 is 14.3 Å². The van der Waals surface area contributed by atoms with Crippen molar-refractivity contribution in [3.05, 3.63) is 11.8 Å². The molecule has 0 spiro atoms. The number of aromatic nitrogens is 2. The number of aryl methyl sites for hydroxylation is 1. The number of amides is 1. The summed E-state index contributed by atoms with van der Waals surface area (Å²) in [6.45, 7) is 8.01. The van der Waals surface area contributed by atoms with Crippen LogP contribution in [0.15, 0.2) is 6.07 Å². The Morgan fingerprint density at radius 2 is 1.68 bits per heavy atom. The van der Waals surface area contributed by atoms with E-state index in [4.69, 9.17) is 9.72 Å². The zero-order chi connectivity index (χ0) is 19.5. The van der Waals surface area contributed by atoms with Crippen LogP contribution in [0.4, 0.5) is 11.8 Å². The van der Waals surface area contributed by atoms with Gasteiger partial charge in [-0.1, -0.05) is 0 Å².